The molecule has 126 valence electrons. The Balaban J connectivity index is 1.82. The molecule has 5 nitrogen and oxygen atoms in total. The predicted molar refractivity (Wildman–Crippen MR) is 98.7 cm³/mol. The van der Waals surface area contributed by atoms with Crippen LogP contribution in [0.3, 0.4) is 0 Å². The van der Waals surface area contributed by atoms with Crippen molar-refractivity contribution in [3.63, 3.8) is 0 Å². The number of carbonyl (C=O) groups excluding carboxylic acids is 2. The SMILES string of the molecule is NC(=O)c1cc(-c2ccccc2)sc1NC(=O)Cc1cccc(O)c1. The first-order valence-corrected chi connectivity index (χ1v) is 8.41. The van der Waals surface area contributed by atoms with Crippen molar-refractivity contribution in [2.75, 3.05) is 5.32 Å². The van der Waals surface area contributed by atoms with Crippen molar-refractivity contribution in [1.82, 2.24) is 0 Å². The minimum Gasteiger partial charge on any atom is -0.508 e. The maximum absolute atomic E-state index is 12.3. The van der Waals surface area contributed by atoms with Gasteiger partial charge in [-0.25, -0.2) is 0 Å². The van der Waals surface area contributed by atoms with Crippen LogP contribution in [0.4, 0.5) is 5.00 Å². The number of amides is 2. The Bertz CT molecular complexity index is 919. The van der Waals surface area contributed by atoms with Gasteiger partial charge in [-0.1, -0.05) is 42.5 Å². The number of anilines is 1. The molecule has 6 heteroatoms. The molecule has 0 saturated heterocycles. The zero-order valence-corrected chi connectivity index (χ0v) is 14.0. The molecule has 3 rings (SSSR count). The number of phenolic OH excluding ortho intramolecular Hbond substituents is 1. The number of nitrogens with one attached hydrogen (secondary N) is 1. The molecule has 1 aromatic heterocycles. The molecular weight excluding hydrogens is 336 g/mol. The summed E-state index contributed by atoms with van der Waals surface area (Å²) in [7, 11) is 0. The summed E-state index contributed by atoms with van der Waals surface area (Å²) in [4.78, 5) is 24.8. The molecule has 0 atom stereocenters. The minimum atomic E-state index is -0.592. The van der Waals surface area contributed by atoms with E-state index in [0.29, 0.717) is 10.6 Å². The van der Waals surface area contributed by atoms with E-state index < -0.39 is 5.91 Å². The van der Waals surface area contributed by atoms with Gasteiger partial charge >= 0.3 is 0 Å². The van der Waals surface area contributed by atoms with Gasteiger partial charge < -0.3 is 16.2 Å². The molecule has 0 aliphatic rings. The Morgan fingerprint density at radius 1 is 1.04 bits per heavy atom. The second-order valence-electron chi connectivity index (χ2n) is 5.48. The summed E-state index contributed by atoms with van der Waals surface area (Å²) >= 11 is 1.30. The highest BCUT2D eigenvalue weighted by atomic mass is 32.1. The highest BCUT2D eigenvalue weighted by Crippen LogP contribution is 2.35. The Morgan fingerprint density at radius 2 is 1.80 bits per heavy atom. The predicted octanol–water partition coefficient (Wildman–Crippen LogP) is 3.40. The van der Waals surface area contributed by atoms with E-state index >= 15 is 0 Å². The normalized spacial score (nSPS) is 10.4. The molecule has 0 unspecified atom stereocenters. The molecule has 0 saturated carbocycles. The molecule has 25 heavy (non-hydrogen) atoms. The van der Waals surface area contributed by atoms with E-state index in [1.54, 1.807) is 18.2 Å². The lowest BCUT2D eigenvalue weighted by molar-refractivity contribution is -0.115. The van der Waals surface area contributed by atoms with E-state index in [0.717, 1.165) is 10.4 Å². The molecule has 0 spiro atoms. The highest BCUT2D eigenvalue weighted by Gasteiger charge is 2.17. The summed E-state index contributed by atoms with van der Waals surface area (Å²) in [6.45, 7) is 0. The van der Waals surface area contributed by atoms with Gasteiger partial charge in [-0.3, -0.25) is 9.59 Å². The van der Waals surface area contributed by atoms with Crippen molar-refractivity contribution >= 4 is 28.2 Å². The van der Waals surface area contributed by atoms with Gasteiger partial charge in [0.1, 0.15) is 10.8 Å². The number of hydrogen-bond donors (Lipinski definition) is 3. The van der Waals surface area contributed by atoms with Gasteiger partial charge in [-0.05, 0) is 29.3 Å². The van der Waals surface area contributed by atoms with Crippen LogP contribution in [0.25, 0.3) is 10.4 Å². The second kappa shape index (κ2) is 7.19. The number of phenols is 1. The third-order valence-electron chi connectivity index (χ3n) is 3.58. The minimum absolute atomic E-state index is 0.0885. The fourth-order valence-electron chi connectivity index (χ4n) is 2.43. The Kier molecular flexibility index (Phi) is 4.81. The fourth-order valence-corrected chi connectivity index (χ4v) is 3.52. The average Bonchev–Trinajstić information content (AvgIpc) is 2.99. The van der Waals surface area contributed by atoms with Gasteiger partial charge in [0.15, 0.2) is 0 Å². The summed E-state index contributed by atoms with van der Waals surface area (Å²) in [5.41, 5.74) is 7.35. The van der Waals surface area contributed by atoms with Crippen molar-refractivity contribution in [2.45, 2.75) is 6.42 Å². The Morgan fingerprint density at radius 3 is 2.48 bits per heavy atom. The molecule has 1 heterocycles. The molecule has 2 amide bonds. The molecular formula is C19H16N2O3S. The van der Waals surface area contributed by atoms with Crippen LogP contribution in [0.5, 0.6) is 5.75 Å². The molecule has 0 bridgehead atoms. The fraction of sp³-hybridized carbons (Fsp3) is 0.0526. The van der Waals surface area contributed by atoms with Crippen molar-refractivity contribution in [2.24, 2.45) is 5.73 Å². The third-order valence-corrected chi connectivity index (χ3v) is 4.68. The van der Waals surface area contributed by atoms with Crippen LogP contribution >= 0.6 is 11.3 Å². The monoisotopic (exact) mass is 352 g/mol. The van der Waals surface area contributed by atoms with E-state index in [2.05, 4.69) is 5.32 Å². The number of hydrogen-bond acceptors (Lipinski definition) is 4. The average molecular weight is 352 g/mol. The van der Waals surface area contributed by atoms with Gasteiger partial charge in [-0.2, -0.15) is 0 Å². The summed E-state index contributed by atoms with van der Waals surface area (Å²) in [6, 6.07) is 17.7. The lowest BCUT2D eigenvalue weighted by atomic mass is 10.1. The van der Waals surface area contributed by atoms with Gasteiger partial charge in [-0.15, -0.1) is 11.3 Å². The first-order valence-electron chi connectivity index (χ1n) is 7.60. The smallest absolute Gasteiger partial charge is 0.251 e. The Hall–Kier alpha value is -3.12. The Labute approximate surface area is 148 Å². The number of primary amides is 1. The summed E-state index contributed by atoms with van der Waals surface area (Å²) in [5, 5.41) is 12.6. The highest BCUT2D eigenvalue weighted by molar-refractivity contribution is 7.20. The van der Waals surface area contributed by atoms with Crippen LogP contribution in [-0.4, -0.2) is 16.9 Å². The summed E-state index contributed by atoms with van der Waals surface area (Å²) in [5.74, 6) is -0.772. The number of benzene rings is 2. The zero-order chi connectivity index (χ0) is 17.8. The largest absolute Gasteiger partial charge is 0.508 e. The van der Waals surface area contributed by atoms with Crippen LogP contribution in [0, 0.1) is 0 Å². The van der Waals surface area contributed by atoms with Crippen molar-refractivity contribution < 1.29 is 14.7 Å². The maximum Gasteiger partial charge on any atom is 0.251 e. The van der Waals surface area contributed by atoms with Crippen LogP contribution in [0.2, 0.25) is 0 Å². The van der Waals surface area contributed by atoms with E-state index in [1.165, 1.54) is 23.5 Å². The zero-order valence-electron chi connectivity index (χ0n) is 13.2. The van der Waals surface area contributed by atoms with Crippen LogP contribution in [-0.2, 0) is 11.2 Å². The molecule has 2 aromatic carbocycles. The van der Waals surface area contributed by atoms with E-state index in [4.69, 9.17) is 5.73 Å². The first kappa shape index (κ1) is 16.7. The van der Waals surface area contributed by atoms with Gasteiger partial charge in [0, 0.05) is 4.88 Å². The lowest BCUT2D eigenvalue weighted by Crippen LogP contribution is -2.17. The van der Waals surface area contributed by atoms with E-state index in [9.17, 15) is 14.7 Å². The number of carbonyl (C=O) groups is 2. The topological polar surface area (TPSA) is 92.4 Å². The van der Waals surface area contributed by atoms with Gasteiger partial charge in [0.2, 0.25) is 5.91 Å². The second-order valence-corrected chi connectivity index (χ2v) is 6.53. The maximum atomic E-state index is 12.3. The number of aromatic hydroxyl groups is 1. The molecule has 0 fully saturated rings. The quantitative estimate of drug-likeness (QED) is 0.657. The lowest BCUT2D eigenvalue weighted by Gasteiger charge is -2.05. The van der Waals surface area contributed by atoms with Gasteiger partial charge in [0.25, 0.3) is 5.91 Å². The number of thiophene rings is 1. The van der Waals surface area contributed by atoms with Crippen molar-refractivity contribution in [3.05, 3.63) is 71.8 Å². The summed E-state index contributed by atoms with van der Waals surface area (Å²) in [6.07, 6.45) is 0.0885. The van der Waals surface area contributed by atoms with Crippen LogP contribution < -0.4 is 11.1 Å². The molecule has 3 aromatic rings. The van der Waals surface area contributed by atoms with E-state index in [1.807, 2.05) is 30.3 Å². The standard InChI is InChI=1S/C19H16N2O3S/c20-18(24)15-11-16(13-6-2-1-3-7-13)25-19(15)21-17(23)10-12-5-4-8-14(22)9-12/h1-9,11,22H,10H2,(H2,20,24)(H,21,23). The number of rotatable bonds is 5. The van der Waals surface area contributed by atoms with Gasteiger partial charge in [0.05, 0.1) is 12.0 Å². The van der Waals surface area contributed by atoms with E-state index in [-0.39, 0.29) is 23.6 Å². The molecule has 4 N–H and O–H groups in total. The molecule has 0 aliphatic carbocycles. The molecule has 0 radical (unpaired) electrons. The molecule has 0 aliphatic heterocycles. The van der Waals surface area contributed by atoms with Crippen LogP contribution in [0.15, 0.2) is 60.7 Å². The third kappa shape index (κ3) is 4.05. The van der Waals surface area contributed by atoms with Crippen LogP contribution in [0.1, 0.15) is 15.9 Å². The summed E-state index contributed by atoms with van der Waals surface area (Å²) < 4.78 is 0. The first-order chi connectivity index (χ1) is 12.0. The van der Waals surface area contributed by atoms with Crippen molar-refractivity contribution in [3.8, 4) is 16.2 Å². The van der Waals surface area contributed by atoms with Crippen molar-refractivity contribution in [1.29, 1.82) is 0 Å². The number of nitrogens with two attached hydrogens (primary N) is 1.